The lowest BCUT2D eigenvalue weighted by Gasteiger charge is -2.24. The van der Waals surface area contributed by atoms with E-state index in [2.05, 4.69) is 73.9 Å². The van der Waals surface area contributed by atoms with Crippen LogP contribution in [0.5, 0.6) is 0 Å². The Kier molecular flexibility index (Phi) is 7.80. The fourth-order valence-corrected chi connectivity index (χ4v) is 3.28. The number of ether oxygens (including phenoxy) is 1. The van der Waals surface area contributed by atoms with Crippen LogP contribution in [0.3, 0.4) is 0 Å². The highest BCUT2D eigenvalue weighted by molar-refractivity contribution is 7.80. The van der Waals surface area contributed by atoms with Gasteiger partial charge in [-0.1, -0.05) is 48.0 Å². The average molecular weight is 385 g/mol. The maximum Gasteiger partial charge on any atom is 0.302 e. The van der Waals surface area contributed by atoms with Crippen molar-refractivity contribution in [2.45, 2.75) is 40.2 Å². The molecular weight excluding hydrogens is 356 g/mol. The van der Waals surface area contributed by atoms with Gasteiger partial charge in [-0.2, -0.15) is 0 Å². The van der Waals surface area contributed by atoms with E-state index in [4.69, 9.17) is 17.0 Å². The van der Waals surface area contributed by atoms with Crippen LogP contribution < -0.4 is 10.6 Å². The molecule has 0 heterocycles. The lowest BCUT2D eigenvalue weighted by molar-refractivity contribution is -0.140. The number of benzene rings is 2. The Labute approximate surface area is 167 Å². The van der Waals surface area contributed by atoms with Gasteiger partial charge in [0.05, 0.1) is 12.6 Å². The molecular formula is C22H28N2O2S. The van der Waals surface area contributed by atoms with Crippen LogP contribution in [-0.2, 0) is 16.0 Å². The molecule has 0 fully saturated rings. The van der Waals surface area contributed by atoms with Crippen LogP contribution in [0.1, 0.15) is 40.8 Å². The second-order valence-electron chi connectivity index (χ2n) is 6.78. The van der Waals surface area contributed by atoms with Crippen molar-refractivity contribution in [2.75, 3.05) is 13.2 Å². The summed E-state index contributed by atoms with van der Waals surface area (Å²) in [5.74, 6) is -0.289. The fourth-order valence-electron chi connectivity index (χ4n) is 3.03. The van der Waals surface area contributed by atoms with Crippen molar-refractivity contribution in [3.63, 3.8) is 0 Å². The first-order valence-corrected chi connectivity index (χ1v) is 9.57. The summed E-state index contributed by atoms with van der Waals surface area (Å²) in [7, 11) is 0. The molecule has 0 bridgehead atoms. The van der Waals surface area contributed by atoms with Crippen LogP contribution in [0.2, 0.25) is 0 Å². The number of thiocarbonyl (C=S) groups is 1. The minimum Gasteiger partial charge on any atom is -0.464 e. The van der Waals surface area contributed by atoms with Crippen molar-refractivity contribution in [3.05, 3.63) is 70.3 Å². The average Bonchev–Trinajstić information content (AvgIpc) is 2.60. The van der Waals surface area contributed by atoms with Gasteiger partial charge in [0.15, 0.2) is 5.11 Å². The molecule has 0 amide bonds. The van der Waals surface area contributed by atoms with E-state index in [0.29, 0.717) is 18.3 Å². The molecule has 1 atom stereocenters. The van der Waals surface area contributed by atoms with Crippen LogP contribution in [-0.4, -0.2) is 24.2 Å². The molecule has 1 unspecified atom stereocenters. The summed E-state index contributed by atoms with van der Waals surface area (Å²) in [6.45, 7) is 8.55. The molecule has 0 aromatic heterocycles. The van der Waals surface area contributed by atoms with Gasteiger partial charge in [-0.3, -0.25) is 4.79 Å². The largest absolute Gasteiger partial charge is 0.464 e. The number of esters is 1. The molecule has 4 nitrogen and oxygen atoms in total. The standard InChI is InChI=1S/C22H28N2O2S/c1-15-7-5-9-19(13-15)14-21(20-10-6-8-16(2)17(20)3)24-22(27)23-11-12-26-18(4)25/h5-10,13,21H,11-12,14H2,1-4H3,(H2,23,24,27). The number of hydrogen-bond donors (Lipinski definition) is 2. The predicted molar refractivity (Wildman–Crippen MR) is 114 cm³/mol. The zero-order chi connectivity index (χ0) is 19.8. The Morgan fingerprint density at radius 2 is 1.89 bits per heavy atom. The van der Waals surface area contributed by atoms with Gasteiger partial charge >= 0.3 is 5.97 Å². The summed E-state index contributed by atoms with van der Waals surface area (Å²) in [5.41, 5.74) is 6.27. The Hall–Kier alpha value is -2.40. The molecule has 2 aromatic carbocycles. The van der Waals surface area contributed by atoms with Gasteiger partial charge in [0, 0.05) is 6.92 Å². The van der Waals surface area contributed by atoms with Gasteiger partial charge in [0.25, 0.3) is 0 Å². The highest BCUT2D eigenvalue weighted by Gasteiger charge is 2.16. The number of nitrogens with one attached hydrogen (secondary N) is 2. The van der Waals surface area contributed by atoms with Gasteiger partial charge in [-0.05, 0) is 61.7 Å². The van der Waals surface area contributed by atoms with E-state index in [9.17, 15) is 4.79 Å². The first kappa shape index (κ1) is 20.9. The van der Waals surface area contributed by atoms with Crippen LogP contribution in [0.4, 0.5) is 0 Å². The van der Waals surface area contributed by atoms with E-state index in [-0.39, 0.29) is 12.0 Å². The minimum absolute atomic E-state index is 0.0559. The van der Waals surface area contributed by atoms with E-state index in [0.717, 1.165) is 6.42 Å². The lowest BCUT2D eigenvalue weighted by Crippen LogP contribution is -2.40. The van der Waals surface area contributed by atoms with E-state index in [1.807, 2.05) is 0 Å². The third-order valence-corrected chi connectivity index (χ3v) is 4.80. The summed E-state index contributed by atoms with van der Waals surface area (Å²) in [5, 5.41) is 7.11. The van der Waals surface area contributed by atoms with Crippen molar-refractivity contribution >= 4 is 23.3 Å². The van der Waals surface area contributed by atoms with Crippen molar-refractivity contribution < 1.29 is 9.53 Å². The van der Waals surface area contributed by atoms with Crippen molar-refractivity contribution in [2.24, 2.45) is 0 Å². The molecule has 0 aliphatic heterocycles. The van der Waals surface area contributed by atoms with Crippen molar-refractivity contribution in [3.8, 4) is 0 Å². The molecule has 0 saturated carbocycles. The highest BCUT2D eigenvalue weighted by Crippen LogP contribution is 2.24. The Morgan fingerprint density at radius 1 is 1.15 bits per heavy atom. The highest BCUT2D eigenvalue weighted by atomic mass is 32.1. The van der Waals surface area contributed by atoms with E-state index in [1.165, 1.54) is 34.7 Å². The maximum absolute atomic E-state index is 10.9. The van der Waals surface area contributed by atoms with Crippen LogP contribution in [0.25, 0.3) is 0 Å². The normalized spacial score (nSPS) is 11.6. The zero-order valence-corrected chi connectivity index (χ0v) is 17.3. The molecule has 144 valence electrons. The van der Waals surface area contributed by atoms with Gasteiger partial charge in [-0.25, -0.2) is 0 Å². The summed E-state index contributed by atoms with van der Waals surface area (Å²) < 4.78 is 4.94. The maximum atomic E-state index is 10.9. The van der Waals surface area contributed by atoms with Crippen LogP contribution >= 0.6 is 12.2 Å². The smallest absolute Gasteiger partial charge is 0.302 e. The molecule has 2 N–H and O–H groups in total. The number of hydrogen-bond acceptors (Lipinski definition) is 3. The minimum atomic E-state index is -0.289. The van der Waals surface area contributed by atoms with Gasteiger partial charge < -0.3 is 15.4 Å². The number of rotatable bonds is 7. The van der Waals surface area contributed by atoms with Gasteiger partial charge in [0.2, 0.25) is 0 Å². The van der Waals surface area contributed by atoms with Gasteiger partial charge in [-0.15, -0.1) is 0 Å². The Morgan fingerprint density at radius 3 is 2.59 bits per heavy atom. The third-order valence-electron chi connectivity index (χ3n) is 4.54. The Balaban J connectivity index is 2.13. The van der Waals surface area contributed by atoms with E-state index < -0.39 is 0 Å². The number of carbonyl (C=O) groups excluding carboxylic acids is 1. The molecule has 5 heteroatoms. The third kappa shape index (κ3) is 6.68. The second-order valence-corrected chi connectivity index (χ2v) is 7.18. The molecule has 0 aliphatic rings. The fraction of sp³-hybridized carbons (Fsp3) is 0.364. The summed E-state index contributed by atoms with van der Waals surface area (Å²) in [6.07, 6.45) is 0.831. The predicted octanol–water partition coefficient (Wildman–Crippen LogP) is 3.92. The molecule has 0 aliphatic carbocycles. The summed E-state index contributed by atoms with van der Waals surface area (Å²) >= 11 is 5.46. The zero-order valence-electron chi connectivity index (χ0n) is 16.5. The van der Waals surface area contributed by atoms with E-state index in [1.54, 1.807) is 0 Å². The quantitative estimate of drug-likeness (QED) is 0.430. The first-order valence-electron chi connectivity index (χ1n) is 9.16. The lowest BCUT2D eigenvalue weighted by atomic mass is 9.93. The molecule has 27 heavy (non-hydrogen) atoms. The SMILES string of the molecule is CC(=O)OCCNC(=S)NC(Cc1cccc(C)c1)c1cccc(C)c1C. The molecule has 0 spiro atoms. The Bertz CT molecular complexity index is 805. The number of aryl methyl sites for hydroxylation is 2. The number of carbonyl (C=O) groups is 1. The second kappa shape index (κ2) is 10.1. The van der Waals surface area contributed by atoms with Gasteiger partial charge in [0.1, 0.15) is 6.61 Å². The topological polar surface area (TPSA) is 50.4 Å². The monoisotopic (exact) mass is 384 g/mol. The molecule has 0 saturated heterocycles. The summed E-state index contributed by atoms with van der Waals surface area (Å²) in [4.78, 5) is 10.9. The van der Waals surface area contributed by atoms with Crippen molar-refractivity contribution in [1.29, 1.82) is 0 Å². The molecule has 0 radical (unpaired) electrons. The van der Waals surface area contributed by atoms with Crippen LogP contribution in [0, 0.1) is 20.8 Å². The van der Waals surface area contributed by atoms with Crippen molar-refractivity contribution in [1.82, 2.24) is 10.6 Å². The van der Waals surface area contributed by atoms with E-state index >= 15 is 0 Å². The first-order chi connectivity index (χ1) is 12.9. The van der Waals surface area contributed by atoms with Crippen LogP contribution in [0.15, 0.2) is 42.5 Å². The molecule has 2 aromatic rings. The summed E-state index contributed by atoms with van der Waals surface area (Å²) in [6, 6.07) is 14.9. The molecule has 2 rings (SSSR count).